The normalized spacial score (nSPS) is 12.8. The Kier molecular flexibility index (Phi) is 3.61. The lowest BCUT2D eigenvalue weighted by atomic mass is 10.5. The van der Waals surface area contributed by atoms with Crippen molar-refractivity contribution >= 4 is 45.0 Å². The van der Waals surface area contributed by atoms with E-state index in [4.69, 9.17) is 5.11 Å². The largest absolute Gasteiger partial charge is 0.480 e. The average Bonchev–Trinajstić information content (AvgIpc) is 2.36. The maximum Gasteiger partial charge on any atom is 0.316 e. The Balaban J connectivity index is 2.64. The number of halogens is 1. The zero-order valence-corrected chi connectivity index (χ0v) is 9.50. The highest BCUT2D eigenvalue weighted by Crippen LogP contribution is 2.35. The molecule has 1 rings (SSSR count). The fraction of sp³-hybridized carbons (Fsp3) is 0.286. The molecular weight excluding hydrogens is 260 g/mol. The highest BCUT2D eigenvalue weighted by Gasteiger charge is 2.14. The molecule has 0 amide bonds. The van der Waals surface area contributed by atoms with Gasteiger partial charge in [0.25, 0.3) is 0 Å². The average molecular weight is 267 g/mol. The molecule has 0 aromatic carbocycles. The van der Waals surface area contributed by atoms with Crippen LogP contribution in [-0.4, -0.2) is 16.3 Å². The van der Waals surface area contributed by atoms with Crippen LogP contribution in [0.5, 0.6) is 0 Å². The number of thioether (sulfide) groups is 1. The summed E-state index contributed by atoms with van der Waals surface area (Å²) in [6, 6.07) is 1.92. The van der Waals surface area contributed by atoms with Crippen LogP contribution in [0.25, 0.3) is 0 Å². The quantitative estimate of drug-likeness (QED) is 0.855. The molecule has 0 saturated carbocycles. The van der Waals surface area contributed by atoms with Gasteiger partial charge in [0, 0.05) is 4.47 Å². The monoisotopic (exact) mass is 266 g/mol. The number of carbonyl (C=O) groups is 1. The lowest BCUT2D eigenvalue weighted by molar-refractivity contribution is -0.136. The van der Waals surface area contributed by atoms with E-state index in [-0.39, 0.29) is 5.25 Å². The van der Waals surface area contributed by atoms with E-state index in [1.807, 2.05) is 11.4 Å². The first-order chi connectivity index (χ1) is 5.61. The van der Waals surface area contributed by atoms with Crippen molar-refractivity contribution in [3.05, 3.63) is 15.9 Å². The van der Waals surface area contributed by atoms with Gasteiger partial charge in [0.15, 0.2) is 0 Å². The molecule has 1 aromatic heterocycles. The molecule has 0 aliphatic carbocycles. The number of aliphatic carboxylic acids is 1. The lowest BCUT2D eigenvalue weighted by Gasteiger charge is -2.02. The van der Waals surface area contributed by atoms with Crippen LogP contribution in [0, 0.1) is 0 Å². The molecule has 0 bridgehead atoms. The van der Waals surface area contributed by atoms with Gasteiger partial charge in [-0.3, -0.25) is 4.79 Å². The third kappa shape index (κ3) is 2.50. The summed E-state index contributed by atoms with van der Waals surface area (Å²) >= 11 is 6.25. The molecule has 0 radical (unpaired) electrons. The van der Waals surface area contributed by atoms with E-state index in [0.29, 0.717) is 0 Å². The summed E-state index contributed by atoms with van der Waals surface area (Å²) in [7, 11) is 0. The van der Waals surface area contributed by atoms with Gasteiger partial charge in [0.2, 0.25) is 0 Å². The van der Waals surface area contributed by atoms with E-state index < -0.39 is 5.97 Å². The molecule has 12 heavy (non-hydrogen) atoms. The van der Waals surface area contributed by atoms with Gasteiger partial charge in [-0.25, -0.2) is 0 Å². The maximum atomic E-state index is 10.5. The molecular formula is C7H7BrO2S2. The van der Waals surface area contributed by atoms with E-state index in [1.165, 1.54) is 11.8 Å². The van der Waals surface area contributed by atoms with Crippen LogP contribution in [0.4, 0.5) is 0 Å². The second-order valence-corrected chi connectivity index (χ2v) is 5.53. The number of carboxylic acid groups (broad SMARTS) is 1. The number of thiophene rings is 1. The van der Waals surface area contributed by atoms with Crippen molar-refractivity contribution in [3.8, 4) is 0 Å². The first-order valence-corrected chi connectivity index (χ1v) is 5.79. The number of hydrogen-bond donors (Lipinski definition) is 1. The van der Waals surface area contributed by atoms with Crippen LogP contribution in [0.2, 0.25) is 0 Å². The first kappa shape index (κ1) is 10.1. The second-order valence-electron chi connectivity index (χ2n) is 2.15. The summed E-state index contributed by atoms with van der Waals surface area (Å²) < 4.78 is 2.00. The predicted octanol–water partition coefficient (Wildman–Crippen LogP) is 3.08. The van der Waals surface area contributed by atoms with Crippen LogP contribution in [0.3, 0.4) is 0 Å². The minimum Gasteiger partial charge on any atom is -0.480 e. The molecule has 0 aliphatic rings. The van der Waals surface area contributed by atoms with Crippen LogP contribution < -0.4 is 0 Å². The highest BCUT2D eigenvalue weighted by molar-refractivity contribution is 9.10. The van der Waals surface area contributed by atoms with E-state index in [1.54, 1.807) is 18.3 Å². The maximum absolute atomic E-state index is 10.5. The molecule has 0 unspecified atom stereocenters. The molecule has 2 nitrogen and oxygen atoms in total. The van der Waals surface area contributed by atoms with Crippen molar-refractivity contribution in [1.82, 2.24) is 0 Å². The van der Waals surface area contributed by atoms with Crippen molar-refractivity contribution in [1.29, 1.82) is 0 Å². The summed E-state index contributed by atoms with van der Waals surface area (Å²) in [5.74, 6) is -0.777. The first-order valence-electron chi connectivity index (χ1n) is 3.23. The third-order valence-electron chi connectivity index (χ3n) is 1.22. The smallest absolute Gasteiger partial charge is 0.316 e. The Labute approximate surface area is 87.1 Å². The van der Waals surface area contributed by atoms with Gasteiger partial charge < -0.3 is 5.11 Å². The fourth-order valence-electron chi connectivity index (χ4n) is 0.575. The Morgan fingerprint density at radius 2 is 2.50 bits per heavy atom. The SMILES string of the molecule is C[C@@H](Sc1sccc1Br)C(=O)O. The molecule has 66 valence electrons. The number of rotatable bonds is 3. The van der Waals surface area contributed by atoms with E-state index in [2.05, 4.69) is 15.9 Å². The van der Waals surface area contributed by atoms with Crippen LogP contribution in [0.1, 0.15) is 6.92 Å². The molecule has 0 spiro atoms. The van der Waals surface area contributed by atoms with E-state index in [9.17, 15) is 4.79 Å². The van der Waals surface area contributed by atoms with Crippen LogP contribution in [0.15, 0.2) is 20.1 Å². The minimum atomic E-state index is -0.777. The second kappa shape index (κ2) is 4.30. The zero-order chi connectivity index (χ0) is 9.14. The summed E-state index contributed by atoms with van der Waals surface area (Å²) in [4.78, 5) is 10.5. The van der Waals surface area contributed by atoms with E-state index in [0.717, 1.165) is 8.68 Å². The Bertz CT molecular complexity index is 285. The van der Waals surface area contributed by atoms with Gasteiger partial charge in [0.05, 0.1) is 4.21 Å². The molecule has 1 atom stereocenters. The van der Waals surface area contributed by atoms with Gasteiger partial charge >= 0.3 is 5.97 Å². The molecule has 0 saturated heterocycles. The van der Waals surface area contributed by atoms with Crippen LogP contribution in [-0.2, 0) is 4.79 Å². The zero-order valence-electron chi connectivity index (χ0n) is 6.28. The molecule has 1 aromatic rings. The summed E-state index contributed by atoms with van der Waals surface area (Å²) in [6.07, 6.45) is 0. The van der Waals surface area contributed by atoms with Crippen molar-refractivity contribution in [2.24, 2.45) is 0 Å². The molecule has 0 aliphatic heterocycles. The van der Waals surface area contributed by atoms with Gasteiger partial charge in [-0.2, -0.15) is 0 Å². The van der Waals surface area contributed by atoms with Crippen molar-refractivity contribution < 1.29 is 9.90 Å². The van der Waals surface area contributed by atoms with Crippen LogP contribution >= 0.6 is 39.0 Å². The van der Waals surface area contributed by atoms with Crippen molar-refractivity contribution in [3.63, 3.8) is 0 Å². The van der Waals surface area contributed by atoms with Crippen molar-refractivity contribution in [2.75, 3.05) is 0 Å². The van der Waals surface area contributed by atoms with E-state index >= 15 is 0 Å². The van der Waals surface area contributed by atoms with Gasteiger partial charge in [-0.15, -0.1) is 11.3 Å². The standard InChI is InChI=1S/C7H7BrO2S2/c1-4(6(9)10)12-7-5(8)2-3-11-7/h2-4H,1H3,(H,9,10)/t4-/m1/s1. The molecule has 0 fully saturated rings. The fourth-order valence-corrected chi connectivity index (χ4v) is 3.38. The van der Waals surface area contributed by atoms with Gasteiger partial charge in [0.1, 0.15) is 5.25 Å². The highest BCUT2D eigenvalue weighted by atomic mass is 79.9. The summed E-state index contributed by atoms with van der Waals surface area (Å²) in [5, 5.41) is 10.2. The Hall–Kier alpha value is -0.000000000000000111. The molecule has 1 N–H and O–H groups in total. The third-order valence-corrected chi connectivity index (χ3v) is 4.67. The van der Waals surface area contributed by atoms with Crippen molar-refractivity contribution in [2.45, 2.75) is 16.4 Å². The topological polar surface area (TPSA) is 37.3 Å². The van der Waals surface area contributed by atoms with Gasteiger partial charge in [-0.05, 0) is 34.3 Å². The molecule has 1 heterocycles. The summed E-state index contributed by atoms with van der Waals surface area (Å²) in [5.41, 5.74) is 0. The lowest BCUT2D eigenvalue weighted by Crippen LogP contribution is -2.10. The Morgan fingerprint density at radius 1 is 1.83 bits per heavy atom. The number of carboxylic acids is 1. The van der Waals surface area contributed by atoms with Gasteiger partial charge in [-0.1, -0.05) is 11.8 Å². The Morgan fingerprint density at radius 3 is 2.92 bits per heavy atom. The summed E-state index contributed by atoms with van der Waals surface area (Å²) in [6.45, 7) is 1.68. The predicted molar refractivity (Wildman–Crippen MR) is 55.0 cm³/mol. The molecule has 5 heteroatoms. The number of hydrogen-bond acceptors (Lipinski definition) is 3. The minimum absolute atomic E-state index is 0.389.